The number of benzene rings is 1. The van der Waals surface area contributed by atoms with Gasteiger partial charge >= 0.3 is 0 Å². The van der Waals surface area contributed by atoms with Crippen molar-refractivity contribution in [3.05, 3.63) is 35.9 Å². The summed E-state index contributed by atoms with van der Waals surface area (Å²) in [6.07, 6.45) is 2.27. The molecule has 8 atom stereocenters. The van der Waals surface area contributed by atoms with Crippen LogP contribution in [0.5, 0.6) is 0 Å². The van der Waals surface area contributed by atoms with Crippen LogP contribution in [-0.4, -0.2) is 179 Å². The van der Waals surface area contributed by atoms with Gasteiger partial charge in [-0.15, -0.1) is 0 Å². The van der Waals surface area contributed by atoms with E-state index in [0.29, 0.717) is 24.9 Å². The minimum Gasteiger partial charge on any atom is -0.391 e. The quantitative estimate of drug-likeness (QED) is 0.0898. The van der Waals surface area contributed by atoms with Crippen molar-refractivity contribution in [1.82, 2.24) is 35.1 Å². The Bertz CT molecular complexity index is 1730. The number of nitrogens with one attached hydrogen (secondary N) is 2. The molecule has 1 saturated heterocycles. The number of piperidine rings is 1. The van der Waals surface area contributed by atoms with Gasteiger partial charge in [-0.1, -0.05) is 58.0 Å². The van der Waals surface area contributed by atoms with Crippen molar-refractivity contribution in [3.8, 4) is 0 Å². The average Bonchev–Trinajstić information content (AvgIpc) is 3.26. The summed E-state index contributed by atoms with van der Waals surface area (Å²) in [6.45, 7) is 14.5. The third-order valence-corrected chi connectivity index (χ3v) is 11.6. The number of aliphatic hydroxyl groups excluding tert-OH is 1. The zero-order valence-electron chi connectivity index (χ0n) is 40.2. The number of carbonyl (C=O) groups excluding carboxylic acids is 8. The fraction of sp³-hybridized carbons (Fsp3) is 0.696. The van der Waals surface area contributed by atoms with Crippen LogP contribution in [-0.2, 0) is 49.5 Å². The zero-order valence-corrected chi connectivity index (χ0v) is 40.2. The number of hydrogen-bond donors (Lipinski definition) is 4. The summed E-state index contributed by atoms with van der Waals surface area (Å²) in [5.41, 5.74) is 5.85. The van der Waals surface area contributed by atoms with Crippen LogP contribution in [0.1, 0.15) is 99.5 Å². The molecule has 0 aromatic heterocycles. The molecule has 1 heterocycles. The lowest BCUT2D eigenvalue weighted by Gasteiger charge is -2.38. The number of carbonyl (C=O) groups is 8. The number of aliphatic hydroxyl groups is 1. The summed E-state index contributed by atoms with van der Waals surface area (Å²) >= 11 is 0. The van der Waals surface area contributed by atoms with Crippen LogP contribution in [0.25, 0.3) is 0 Å². The molecule has 0 bridgehead atoms. The molecular formula is C46H76N8O10. The van der Waals surface area contributed by atoms with Gasteiger partial charge in [0.2, 0.25) is 35.4 Å². The molecule has 3 unspecified atom stereocenters. The normalized spacial score (nSPS) is 16.8. The van der Waals surface area contributed by atoms with Crippen LogP contribution in [0.2, 0.25) is 0 Å². The number of ether oxygens (including phenoxy) is 1. The monoisotopic (exact) mass is 901 g/mol. The van der Waals surface area contributed by atoms with Crippen molar-refractivity contribution in [3.63, 3.8) is 0 Å². The van der Waals surface area contributed by atoms with E-state index in [0.717, 1.165) is 19.3 Å². The molecule has 360 valence electrons. The summed E-state index contributed by atoms with van der Waals surface area (Å²) in [6, 6.07) is 0.435. The molecule has 0 spiro atoms. The molecule has 1 aromatic carbocycles. The Hall–Kier alpha value is -4.94. The van der Waals surface area contributed by atoms with Crippen molar-refractivity contribution < 1.29 is 48.2 Å². The smallest absolute Gasteiger partial charge is 0.252 e. The summed E-state index contributed by atoms with van der Waals surface area (Å²) in [5, 5.41) is 15.3. The van der Waals surface area contributed by atoms with Gasteiger partial charge in [-0.05, 0) is 77.7 Å². The van der Waals surface area contributed by atoms with E-state index in [-0.39, 0.29) is 38.2 Å². The molecule has 1 aromatic rings. The largest absolute Gasteiger partial charge is 0.391 e. The van der Waals surface area contributed by atoms with Gasteiger partial charge in [0.1, 0.15) is 36.3 Å². The maximum absolute atomic E-state index is 14.8. The Morgan fingerprint density at radius 1 is 0.750 bits per heavy atom. The van der Waals surface area contributed by atoms with Crippen LogP contribution in [0, 0.1) is 5.92 Å². The Morgan fingerprint density at radius 3 is 1.75 bits per heavy atom. The molecule has 5 N–H and O–H groups in total. The van der Waals surface area contributed by atoms with E-state index < -0.39 is 95.3 Å². The van der Waals surface area contributed by atoms with E-state index in [1.165, 1.54) is 54.7 Å². The second kappa shape index (κ2) is 25.5. The van der Waals surface area contributed by atoms with Crippen molar-refractivity contribution in [2.24, 2.45) is 11.7 Å². The SMILES string of the molecule is CCC(C(=O)N(C)[C@@H](CC(C)C)C(=O)NC(COC(C)(C)C)C(=O)N(C)[C@@H](Cc1ccccc1)C(=O)N(C)[C@@H](CC)C(=O)N[C@@H](C=O)C(=O)N1CCCCC1)N(C)C(=O)C(N)[C@@H](C)O. The summed E-state index contributed by atoms with van der Waals surface area (Å²) < 4.78 is 6.06. The van der Waals surface area contributed by atoms with E-state index in [1.54, 1.807) is 69.9 Å². The van der Waals surface area contributed by atoms with Gasteiger partial charge in [0.15, 0.2) is 12.3 Å². The second-order valence-electron chi connectivity index (χ2n) is 18.3. The predicted molar refractivity (Wildman–Crippen MR) is 242 cm³/mol. The van der Waals surface area contributed by atoms with Gasteiger partial charge in [-0.2, -0.15) is 0 Å². The maximum atomic E-state index is 14.8. The summed E-state index contributed by atoms with van der Waals surface area (Å²) in [7, 11) is 5.71. The molecule has 0 aliphatic carbocycles. The fourth-order valence-corrected chi connectivity index (χ4v) is 7.63. The first-order valence-corrected chi connectivity index (χ1v) is 22.4. The number of nitrogens with two attached hydrogens (primary N) is 1. The topological polar surface area (TPSA) is 232 Å². The lowest BCUT2D eigenvalue weighted by molar-refractivity contribution is -0.152. The second-order valence-corrected chi connectivity index (χ2v) is 18.3. The third kappa shape index (κ3) is 15.6. The number of likely N-dealkylation sites (N-methyl/N-ethyl adjacent to an activating group) is 4. The summed E-state index contributed by atoms with van der Waals surface area (Å²) in [5.74, 6) is -4.50. The van der Waals surface area contributed by atoms with Crippen LogP contribution in [0.3, 0.4) is 0 Å². The lowest BCUT2D eigenvalue weighted by atomic mass is 9.99. The number of rotatable bonds is 23. The van der Waals surface area contributed by atoms with E-state index in [4.69, 9.17) is 10.5 Å². The first-order chi connectivity index (χ1) is 29.9. The Kier molecular flexibility index (Phi) is 22.0. The van der Waals surface area contributed by atoms with Crippen LogP contribution >= 0.6 is 0 Å². The number of hydrogen-bond acceptors (Lipinski definition) is 11. The molecule has 1 fully saturated rings. The predicted octanol–water partition coefficient (Wildman–Crippen LogP) is 1.11. The minimum atomic E-state index is -1.43. The highest BCUT2D eigenvalue weighted by atomic mass is 16.5. The molecule has 1 aliphatic rings. The van der Waals surface area contributed by atoms with Gasteiger partial charge in [0.25, 0.3) is 5.91 Å². The molecule has 0 radical (unpaired) electrons. The fourth-order valence-electron chi connectivity index (χ4n) is 7.63. The van der Waals surface area contributed by atoms with E-state index >= 15 is 0 Å². The standard InChI is InChI=1S/C46H76N8O10/c1-13-34(39(57)48-32(27-55)42(60)54-23-19-16-20-24-54)50(9)44(62)37(26-31-21-17-15-18-22-31)53(12)41(59)33(28-64-46(6,7)8)49-40(58)36(25-29(3)4)52(11)43(61)35(14-2)51(10)45(63)38(47)30(5)56/h15,17-18,21-22,27,29-30,32-38,56H,13-14,16,19-20,23-26,28,47H2,1-12H3,(H,48,57)(H,49,58)/t30-,32+,33?,34+,35?,36+,37+,38?/m1/s1. The molecular weight excluding hydrogens is 825 g/mol. The Labute approximate surface area is 379 Å². The number of aldehydes is 1. The molecule has 18 heteroatoms. The van der Waals surface area contributed by atoms with Crippen LogP contribution in [0.4, 0.5) is 0 Å². The van der Waals surface area contributed by atoms with Gasteiger partial charge in [-0.25, -0.2) is 0 Å². The minimum absolute atomic E-state index is 0.0199. The molecule has 7 amide bonds. The highest BCUT2D eigenvalue weighted by Gasteiger charge is 2.41. The average molecular weight is 901 g/mol. The van der Waals surface area contributed by atoms with Crippen molar-refractivity contribution in [1.29, 1.82) is 0 Å². The molecule has 18 nitrogen and oxygen atoms in total. The molecule has 1 aliphatic heterocycles. The third-order valence-electron chi connectivity index (χ3n) is 11.6. The van der Waals surface area contributed by atoms with Gasteiger partial charge < -0.3 is 55.5 Å². The number of likely N-dealkylation sites (tertiary alicyclic amines) is 1. The Morgan fingerprint density at radius 2 is 1.25 bits per heavy atom. The summed E-state index contributed by atoms with van der Waals surface area (Å²) in [4.78, 5) is 116. The van der Waals surface area contributed by atoms with Gasteiger partial charge in [-0.3, -0.25) is 33.6 Å². The highest BCUT2D eigenvalue weighted by molar-refractivity contribution is 6.01. The number of amides is 7. The van der Waals surface area contributed by atoms with Crippen molar-refractivity contribution >= 4 is 47.6 Å². The van der Waals surface area contributed by atoms with E-state index in [2.05, 4.69) is 10.6 Å². The van der Waals surface area contributed by atoms with Crippen molar-refractivity contribution in [2.45, 2.75) is 154 Å². The first kappa shape index (κ1) is 55.2. The maximum Gasteiger partial charge on any atom is 0.252 e. The van der Waals surface area contributed by atoms with Gasteiger partial charge in [0.05, 0.1) is 18.3 Å². The first-order valence-electron chi connectivity index (χ1n) is 22.4. The lowest BCUT2D eigenvalue weighted by Crippen LogP contribution is -2.62. The van der Waals surface area contributed by atoms with E-state index in [9.17, 15) is 43.5 Å². The number of nitrogens with zero attached hydrogens (tertiary/aromatic N) is 5. The van der Waals surface area contributed by atoms with Crippen LogP contribution in [0.15, 0.2) is 30.3 Å². The highest BCUT2D eigenvalue weighted by Crippen LogP contribution is 2.20. The Balaban J connectivity index is 2.53. The zero-order chi connectivity index (χ0) is 48.6. The molecule has 64 heavy (non-hydrogen) atoms. The molecule has 0 saturated carbocycles. The van der Waals surface area contributed by atoms with Crippen molar-refractivity contribution in [2.75, 3.05) is 47.9 Å². The van der Waals surface area contributed by atoms with Crippen LogP contribution < -0.4 is 16.4 Å². The molecule has 2 rings (SSSR count). The van der Waals surface area contributed by atoms with Gasteiger partial charge in [0, 0.05) is 47.7 Å². The van der Waals surface area contributed by atoms with E-state index in [1.807, 2.05) is 13.8 Å².